The van der Waals surface area contributed by atoms with Crippen LogP contribution in [0.25, 0.3) is 0 Å². The molecule has 1 aliphatic rings. The van der Waals surface area contributed by atoms with Crippen LogP contribution >= 0.6 is 0 Å². The molecule has 19 heavy (non-hydrogen) atoms. The maximum absolute atomic E-state index is 12.5. The van der Waals surface area contributed by atoms with Crippen molar-refractivity contribution in [3.05, 3.63) is 29.3 Å². The quantitative estimate of drug-likeness (QED) is 0.907. The highest BCUT2D eigenvalue weighted by atomic mass is 16.5. The molecule has 1 atom stereocenters. The fourth-order valence-corrected chi connectivity index (χ4v) is 2.42. The average molecular weight is 263 g/mol. The van der Waals surface area contributed by atoms with Gasteiger partial charge in [-0.15, -0.1) is 0 Å². The van der Waals surface area contributed by atoms with E-state index in [9.17, 15) is 9.90 Å². The Morgan fingerprint density at radius 1 is 1.53 bits per heavy atom. The van der Waals surface area contributed by atoms with E-state index in [1.54, 1.807) is 30.0 Å². The molecule has 1 saturated heterocycles. The van der Waals surface area contributed by atoms with Gasteiger partial charge in [-0.2, -0.15) is 0 Å². The number of phenols is 1. The van der Waals surface area contributed by atoms with Crippen molar-refractivity contribution in [1.29, 1.82) is 0 Å². The predicted molar refractivity (Wildman–Crippen MR) is 73.4 cm³/mol. The second-order valence-corrected chi connectivity index (χ2v) is 4.93. The first-order valence-electron chi connectivity index (χ1n) is 6.83. The highest BCUT2D eigenvalue weighted by molar-refractivity contribution is 5.96. The number of hydrogen-bond acceptors (Lipinski definition) is 3. The summed E-state index contributed by atoms with van der Waals surface area (Å²) in [6, 6.07) is 5.06. The van der Waals surface area contributed by atoms with Gasteiger partial charge in [0.2, 0.25) is 0 Å². The summed E-state index contributed by atoms with van der Waals surface area (Å²) in [4.78, 5) is 14.3. The lowest BCUT2D eigenvalue weighted by Crippen LogP contribution is -2.37. The van der Waals surface area contributed by atoms with Gasteiger partial charge in [-0.25, -0.2) is 0 Å². The molecule has 4 nitrogen and oxygen atoms in total. The van der Waals surface area contributed by atoms with Crippen molar-refractivity contribution >= 4 is 5.91 Å². The number of hydrogen-bond donors (Lipinski definition) is 1. The number of carbonyl (C=O) groups excluding carboxylic acids is 1. The molecule has 1 N–H and O–H groups in total. The van der Waals surface area contributed by atoms with Crippen molar-refractivity contribution in [3.63, 3.8) is 0 Å². The van der Waals surface area contributed by atoms with E-state index in [0.29, 0.717) is 24.2 Å². The van der Waals surface area contributed by atoms with Crippen LogP contribution in [0.4, 0.5) is 0 Å². The van der Waals surface area contributed by atoms with Crippen molar-refractivity contribution in [2.45, 2.75) is 32.8 Å². The molecule has 0 bridgehead atoms. The third-order valence-electron chi connectivity index (χ3n) is 3.65. The summed E-state index contributed by atoms with van der Waals surface area (Å²) in [5, 5.41) is 9.69. The van der Waals surface area contributed by atoms with E-state index in [4.69, 9.17) is 4.74 Å². The van der Waals surface area contributed by atoms with Gasteiger partial charge in [0.05, 0.1) is 6.10 Å². The Morgan fingerprint density at radius 2 is 2.32 bits per heavy atom. The van der Waals surface area contributed by atoms with E-state index >= 15 is 0 Å². The molecule has 0 spiro atoms. The summed E-state index contributed by atoms with van der Waals surface area (Å²) in [6.07, 6.45) is 2.24. The molecular formula is C15H21NO3. The number of rotatable bonds is 4. The zero-order chi connectivity index (χ0) is 13.8. The summed E-state index contributed by atoms with van der Waals surface area (Å²) in [6.45, 7) is 5.80. The van der Waals surface area contributed by atoms with Gasteiger partial charge >= 0.3 is 0 Å². The van der Waals surface area contributed by atoms with Crippen molar-refractivity contribution < 1.29 is 14.6 Å². The van der Waals surface area contributed by atoms with Crippen LogP contribution in [0.5, 0.6) is 5.75 Å². The first kappa shape index (κ1) is 13.9. The van der Waals surface area contributed by atoms with Gasteiger partial charge in [-0.05, 0) is 38.8 Å². The van der Waals surface area contributed by atoms with Crippen LogP contribution in [0.1, 0.15) is 35.7 Å². The van der Waals surface area contributed by atoms with E-state index in [0.717, 1.165) is 19.4 Å². The number of nitrogens with zero attached hydrogens (tertiary/aromatic N) is 1. The molecule has 1 fully saturated rings. The molecule has 1 heterocycles. The monoisotopic (exact) mass is 263 g/mol. The van der Waals surface area contributed by atoms with Crippen LogP contribution in [0.15, 0.2) is 18.2 Å². The predicted octanol–water partition coefficient (Wildman–Crippen LogP) is 2.34. The molecule has 0 aliphatic carbocycles. The van der Waals surface area contributed by atoms with Crippen molar-refractivity contribution in [2.75, 3.05) is 19.7 Å². The molecule has 0 saturated carbocycles. The first-order valence-corrected chi connectivity index (χ1v) is 6.83. The summed E-state index contributed by atoms with van der Waals surface area (Å²) in [5.74, 6) is 0.130. The molecular weight excluding hydrogens is 242 g/mol. The molecule has 0 radical (unpaired) electrons. The van der Waals surface area contributed by atoms with Gasteiger partial charge in [0, 0.05) is 30.8 Å². The van der Waals surface area contributed by atoms with Crippen LogP contribution < -0.4 is 0 Å². The van der Waals surface area contributed by atoms with Crippen molar-refractivity contribution in [3.8, 4) is 5.75 Å². The Balaban J connectivity index is 2.13. The van der Waals surface area contributed by atoms with E-state index in [1.807, 2.05) is 6.92 Å². The van der Waals surface area contributed by atoms with Crippen LogP contribution in [0, 0.1) is 6.92 Å². The molecule has 104 valence electrons. The van der Waals surface area contributed by atoms with Gasteiger partial charge in [0.25, 0.3) is 5.91 Å². The normalized spacial score (nSPS) is 18.5. The minimum absolute atomic E-state index is 0.0357. The fraction of sp³-hybridized carbons (Fsp3) is 0.533. The van der Waals surface area contributed by atoms with Gasteiger partial charge in [0.1, 0.15) is 5.75 Å². The number of benzene rings is 1. The van der Waals surface area contributed by atoms with Gasteiger partial charge in [-0.1, -0.05) is 6.07 Å². The Hall–Kier alpha value is -1.55. The summed E-state index contributed by atoms with van der Waals surface area (Å²) >= 11 is 0. The minimum Gasteiger partial charge on any atom is -0.508 e. The third-order valence-corrected chi connectivity index (χ3v) is 3.65. The zero-order valence-corrected chi connectivity index (χ0v) is 11.6. The number of aromatic hydroxyl groups is 1. The Labute approximate surface area is 114 Å². The molecule has 0 aromatic heterocycles. The Kier molecular flexibility index (Phi) is 4.43. The summed E-state index contributed by atoms with van der Waals surface area (Å²) in [7, 11) is 0. The minimum atomic E-state index is -0.0357. The highest BCUT2D eigenvalue weighted by Gasteiger charge is 2.23. The summed E-state index contributed by atoms with van der Waals surface area (Å²) in [5.41, 5.74) is 1.21. The smallest absolute Gasteiger partial charge is 0.254 e. The van der Waals surface area contributed by atoms with E-state index in [1.165, 1.54) is 0 Å². The van der Waals surface area contributed by atoms with Gasteiger partial charge < -0.3 is 14.7 Å². The van der Waals surface area contributed by atoms with Crippen LogP contribution in [0.3, 0.4) is 0 Å². The third kappa shape index (κ3) is 3.07. The van der Waals surface area contributed by atoms with E-state index < -0.39 is 0 Å². The number of likely N-dealkylation sites (N-methyl/N-ethyl adjacent to an activating group) is 1. The highest BCUT2D eigenvalue weighted by Crippen LogP contribution is 2.22. The largest absolute Gasteiger partial charge is 0.508 e. The van der Waals surface area contributed by atoms with Crippen molar-refractivity contribution in [2.24, 2.45) is 0 Å². The SMILES string of the molecule is CCN(CC1CCCO1)C(=O)c1cccc(O)c1C. The lowest BCUT2D eigenvalue weighted by molar-refractivity contribution is 0.0538. The molecule has 1 unspecified atom stereocenters. The van der Waals surface area contributed by atoms with Gasteiger partial charge in [-0.3, -0.25) is 4.79 Å². The molecule has 4 heteroatoms. The molecule has 1 aromatic carbocycles. The molecule has 1 aromatic rings. The Morgan fingerprint density at radius 3 is 2.95 bits per heavy atom. The zero-order valence-electron chi connectivity index (χ0n) is 11.6. The van der Waals surface area contributed by atoms with E-state index in [-0.39, 0.29) is 17.8 Å². The average Bonchev–Trinajstić information content (AvgIpc) is 2.91. The lowest BCUT2D eigenvalue weighted by Gasteiger charge is -2.24. The maximum Gasteiger partial charge on any atom is 0.254 e. The van der Waals surface area contributed by atoms with Crippen LogP contribution in [0.2, 0.25) is 0 Å². The number of phenolic OH excluding ortho intramolecular Hbond substituents is 1. The van der Waals surface area contributed by atoms with Gasteiger partial charge in [0.15, 0.2) is 0 Å². The lowest BCUT2D eigenvalue weighted by atomic mass is 10.1. The van der Waals surface area contributed by atoms with Crippen LogP contribution in [-0.2, 0) is 4.74 Å². The van der Waals surface area contributed by atoms with E-state index in [2.05, 4.69) is 0 Å². The number of ether oxygens (including phenoxy) is 1. The second kappa shape index (κ2) is 6.06. The topological polar surface area (TPSA) is 49.8 Å². The standard InChI is InChI=1S/C15H21NO3/c1-3-16(10-12-6-5-9-19-12)15(18)13-7-4-8-14(17)11(13)2/h4,7-8,12,17H,3,5-6,9-10H2,1-2H3. The maximum atomic E-state index is 12.5. The Bertz CT molecular complexity index is 453. The summed E-state index contributed by atoms with van der Waals surface area (Å²) < 4.78 is 5.58. The fourth-order valence-electron chi connectivity index (χ4n) is 2.42. The van der Waals surface area contributed by atoms with Crippen LogP contribution in [-0.4, -0.2) is 41.7 Å². The molecule has 1 amide bonds. The second-order valence-electron chi connectivity index (χ2n) is 4.93. The number of carbonyl (C=O) groups is 1. The number of amides is 1. The van der Waals surface area contributed by atoms with Crippen molar-refractivity contribution in [1.82, 2.24) is 4.90 Å². The first-order chi connectivity index (χ1) is 9.13. The molecule has 2 rings (SSSR count). The molecule has 1 aliphatic heterocycles.